The van der Waals surface area contributed by atoms with Gasteiger partial charge >= 0.3 is 0 Å². The topological polar surface area (TPSA) is 38.8 Å². The highest BCUT2D eigenvalue weighted by Gasteiger charge is 2.22. The van der Waals surface area contributed by atoms with Crippen LogP contribution in [0.25, 0.3) is 0 Å². The van der Waals surface area contributed by atoms with Crippen molar-refractivity contribution < 1.29 is 14.3 Å². The molecular weight excluding hydrogens is 314 g/mol. The van der Waals surface area contributed by atoms with Gasteiger partial charge in [-0.15, -0.1) is 11.6 Å². The second-order valence-corrected chi connectivity index (χ2v) is 5.88. The molecule has 0 aromatic heterocycles. The van der Waals surface area contributed by atoms with E-state index in [0.29, 0.717) is 19.8 Å². The summed E-state index contributed by atoms with van der Waals surface area (Å²) in [6, 6.07) is 15.1. The van der Waals surface area contributed by atoms with Gasteiger partial charge in [0.1, 0.15) is 18.6 Å². The molecule has 0 saturated carbocycles. The summed E-state index contributed by atoms with van der Waals surface area (Å²) in [5.41, 5.74) is 1.77. The molecule has 0 radical (unpaired) electrons. The van der Waals surface area contributed by atoms with Gasteiger partial charge in [-0.05, 0) is 23.3 Å². The van der Waals surface area contributed by atoms with Crippen molar-refractivity contribution in [2.45, 2.75) is 11.9 Å². The van der Waals surface area contributed by atoms with E-state index in [2.05, 4.69) is 0 Å². The van der Waals surface area contributed by atoms with Crippen molar-refractivity contribution in [3.8, 4) is 11.5 Å². The van der Waals surface area contributed by atoms with Crippen LogP contribution in [-0.2, 0) is 11.3 Å². The number of hydrogen-bond acceptors (Lipinski definition) is 3. The maximum Gasteiger partial charge on any atom is 0.245 e. The van der Waals surface area contributed by atoms with Crippen molar-refractivity contribution in [1.29, 1.82) is 0 Å². The molecule has 0 N–H and O–H groups in total. The molecule has 1 atom stereocenters. The average Bonchev–Trinajstić information content (AvgIpc) is 2.61. The zero-order chi connectivity index (χ0) is 16.2. The van der Waals surface area contributed by atoms with Crippen molar-refractivity contribution in [3.63, 3.8) is 0 Å². The van der Waals surface area contributed by atoms with Crippen molar-refractivity contribution in [2.75, 3.05) is 20.3 Å². The standard InChI is InChI=1S/C18H18ClNO3/c1-20(18(21)17(19)14-5-3-2-4-6-14)12-13-7-8-15-16(11-13)23-10-9-22-15/h2-8,11,17H,9-10,12H2,1H3. The van der Waals surface area contributed by atoms with Gasteiger partial charge in [0.2, 0.25) is 5.91 Å². The molecule has 0 bridgehead atoms. The quantitative estimate of drug-likeness (QED) is 0.806. The van der Waals surface area contributed by atoms with Crippen molar-refractivity contribution in [3.05, 3.63) is 59.7 Å². The largest absolute Gasteiger partial charge is 0.486 e. The summed E-state index contributed by atoms with van der Waals surface area (Å²) >= 11 is 6.30. The van der Waals surface area contributed by atoms with Crippen LogP contribution in [0.1, 0.15) is 16.5 Å². The highest BCUT2D eigenvalue weighted by Crippen LogP contribution is 2.31. The molecule has 23 heavy (non-hydrogen) atoms. The van der Waals surface area contributed by atoms with Crippen LogP contribution in [0.15, 0.2) is 48.5 Å². The molecule has 1 heterocycles. The van der Waals surface area contributed by atoms with Crippen LogP contribution in [0.2, 0.25) is 0 Å². The predicted octanol–water partition coefficient (Wildman–Crippen LogP) is 3.40. The van der Waals surface area contributed by atoms with Gasteiger partial charge in [-0.2, -0.15) is 0 Å². The lowest BCUT2D eigenvalue weighted by Crippen LogP contribution is -2.29. The molecule has 0 aliphatic carbocycles. The Hall–Kier alpha value is -2.20. The van der Waals surface area contributed by atoms with E-state index in [0.717, 1.165) is 22.6 Å². The number of nitrogens with zero attached hydrogens (tertiary/aromatic N) is 1. The zero-order valence-corrected chi connectivity index (χ0v) is 13.6. The molecule has 2 aromatic rings. The number of hydrogen-bond donors (Lipinski definition) is 0. The fraction of sp³-hybridized carbons (Fsp3) is 0.278. The zero-order valence-electron chi connectivity index (χ0n) is 12.9. The highest BCUT2D eigenvalue weighted by atomic mass is 35.5. The van der Waals surface area contributed by atoms with Crippen molar-refractivity contribution >= 4 is 17.5 Å². The maximum absolute atomic E-state index is 12.5. The normalized spacial score (nSPS) is 14.2. The number of carbonyl (C=O) groups excluding carboxylic acids is 1. The third-order valence-corrected chi connectivity index (χ3v) is 4.15. The Morgan fingerprint density at radius 3 is 2.57 bits per heavy atom. The third-order valence-electron chi connectivity index (χ3n) is 3.71. The fourth-order valence-electron chi connectivity index (χ4n) is 2.50. The van der Waals surface area contributed by atoms with Gasteiger partial charge in [-0.25, -0.2) is 0 Å². The van der Waals surface area contributed by atoms with Crippen LogP contribution < -0.4 is 9.47 Å². The second kappa shape index (κ2) is 6.92. The first-order valence-electron chi connectivity index (χ1n) is 7.47. The Morgan fingerprint density at radius 1 is 1.13 bits per heavy atom. The third kappa shape index (κ3) is 3.59. The van der Waals surface area contributed by atoms with Gasteiger partial charge in [0.05, 0.1) is 0 Å². The van der Waals surface area contributed by atoms with Gasteiger partial charge in [0.25, 0.3) is 0 Å². The highest BCUT2D eigenvalue weighted by molar-refractivity contribution is 6.30. The summed E-state index contributed by atoms with van der Waals surface area (Å²) in [6.07, 6.45) is 0. The molecule has 0 fully saturated rings. The number of likely N-dealkylation sites (N-methyl/N-ethyl adjacent to an activating group) is 1. The monoisotopic (exact) mass is 331 g/mol. The van der Waals surface area contributed by atoms with Crippen LogP contribution >= 0.6 is 11.6 Å². The number of fused-ring (bicyclic) bond motifs is 1. The molecule has 2 aromatic carbocycles. The molecule has 1 amide bonds. The van der Waals surface area contributed by atoms with Crippen molar-refractivity contribution in [1.82, 2.24) is 4.90 Å². The Bertz CT molecular complexity index is 690. The molecule has 120 valence electrons. The lowest BCUT2D eigenvalue weighted by atomic mass is 10.1. The first kappa shape index (κ1) is 15.7. The molecule has 1 unspecified atom stereocenters. The number of benzene rings is 2. The van der Waals surface area contributed by atoms with E-state index in [1.54, 1.807) is 11.9 Å². The van der Waals surface area contributed by atoms with Gasteiger partial charge < -0.3 is 14.4 Å². The second-order valence-electron chi connectivity index (χ2n) is 5.45. The minimum atomic E-state index is -0.682. The number of alkyl halides is 1. The number of ether oxygens (including phenoxy) is 2. The van der Waals surface area contributed by atoms with Gasteiger partial charge in [0, 0.05) is 13.6 Å². The molecular formula is C18H18ClNO3. The van der Waals surface area contributed by atoms with Gasteiger partial charge in [-0.1, -0.05) is 36.4 Å². The number of halogens is 1. The molecule has 0 saturated heterocycles. The number of rotatable bonds is 4. The first-order valence-corrected chi connectivity index (χ1v) is 7.91. The van der Waals surface area contributed by atoms with Crippen LogP contribution in [0, 0.1) is 0 Å². The maximum atomic E-state index is 12.5. The lowest BCUT2D eigenvalue weighted by molar-refractivity contribution is -0.130. The molecule has 1 aliphatic heterocycles. The minimum absolute atomic E-state index is 0.132. The van der Waals surface area contributed by atoms with E-state index in [1.807, 2.05) is 48.5 Å². The summed E-state index contributed by atoms with van der Waals surface area (Å²) < 4.78 is 11.1. The molecule has 0 spiro atoms. The minimum Gasteiger partial charge on any atom is -0.486 e. The van der Waals surface area contributed by atoms with E-state index in [4.69, 9.17) is 21.1 Å². The number of amides is 1. The SMILES string of the molecule is CN(Cc1ccc2c(c1)OCCO2)C(=O)C(Cl)c1ccccc1. The molecule has 1 aliphatic rings. The van der Waals surface area contributed by atoms with Crippen molar-refractivity contribution in [2.24, 2.45) is 0 Å². The first-order chi connectivity index (χ1) is 11.1. The Labute approximate surface area is 140 Å². The summed E-state index contributed by atoms with van der Waals surface area (Å²) in [5.74, 6) is 1.33. The van der Waals surface area contributed by atoms with Crippen LogP contribution in [0.3, 0.4) is 0 Å². The summed E-state index contributed by atoms with van der Waals surface area (Å²) in [7, 11) is 1.75. The molecule has 5 heteroatoms. The summed E-state index contributed by atoms with van der Waals surface area (Å²) in [4.78, 5) is 14.1. The smallest absolute Gasteiger partial charge is 0.245 e. The summed E-state index contributed by atoms with van der Waals surface area (Å²) in [5, 5.41) is -0.682. The van der Waals surface area contributed by atoms with E-state index in [-0.39, 0.29) is 5.91 Å². The Morgan fingerprint density at radius 2 is 1.83 bits per heavy atom. The summed E-state index contributed by atoms with van der Waals surface area (Å²) in [6.45, 7) is 1.57. The Balaban J connectivity index is 1.69. The fourth-order valence-corrected chi connectivity index (χ4v) is 2.81. The lowest BCUT2D eigenvalue weighted by Gasteiger charge is -2.22. The van der Waals surface area contributed by atoms with E-state index >= 15 is 0 Å². The van der Waals surface area contributed by atoms with Crippen LogP contribution in [0.5, 0.6) is 11.5 Å². The van der Waals surface area contributed by atoms with E-state index < -0.39 is 5.38 Å². The average molecular weight is 332 g/mol. The van der Waals surface area contributed by atoms with E-state index in [1.165, 1.54) is 0 Å². The molecule has 3 rings (SSSR count). The Kier molecular flexibility index (Phi) is 4.72. The van der Waals surface area contributed by atoms with Gasteiger partial charge in [0.15, 0.2) is 11.5 Å². The van der Waals surface area contributed by atoms with E-state index in [9.17, 15) is 4.79 Å². The van der Waals surface area contributed by atoms with Crippen LogP contribution in [0.4, 0.5) is 0 Å². The predicted molar refractivity (Wildman–Crippen MR) is 88.9 cm³/mol. The number of carbonyl (C=O) groups is 1. The molecule has 4 nitrogen and oxygen atoms in total. The van der Waals surface area contributed by atoms with Gasteiger partial charge in [-0.3, -0.25) is 4.79 Å². The van der Waals surface area contributed by atoms with Crippen LogP contribution in [-0.4, -0.2) is 31.1 Å².